The summed E-state index contributed by atoms with van der Waals surface area (Å²) in [5.41, 5.74) is 0. The molecule has 1 heterocycles. The molecule has 0 spiro atoms. The van der Waals surface area contributed by atoms with Crippen molar-refractivity contribution in [3.8, 4) is 0 Å². The van der Waals surface area contributed by atoms with Crippen LogP contribution >= 0.6 is 0 Å². The smallest absolute Gasteiger partial charge is 0.550 e. The van der Waals surface area contributed by atoms with Gasteiger partial charge in [-0.05, 0) is 19.4 Å². The maximum atomic E-state index is 10.4. The van der Waals surface area contributed by atoms with E-state index >= 15 is 0 Å². The standard InChI is InChI=1S/C7H11NO4.2Na/c9-6(10)4-2-1-3-8-5(4)7(11)12;;/h4-5,8H,1-3H2,(H,9,10)(H,11,12);;/q;2*+1/p-2. The summed E-state index contributed by atoms with van der Waals surface area (Å²) in [6.45, 7) is 0.516. The zero-order valence-corrected chi connectivity index (χ0v) is 12.4. The van der Waals surface area contributed by atoms with E-state index in [1.54, 1.807) is 0 Å². The Bertz CT molecular complexity index is 190. The van der Waals surface area contributed by atoms with Crippen molar-refractivity contribution in [3.63, 3.8) is 0 Å². The molecule has 0 aliphatic carbocycles. The minimum Gasteiger partial charge on any atom is -0.550 e. The van der Waals surface area contributed by atoms with Crippen molar-refractivity contribution < 1.29 is 78.9 Å². The zero-order chi connectivity index (χ0) is 9.14. The maximum Gasteiger partial charge on any atom is 1.00 e. The number of carboxylic acids is 2. The first kappa shape index (κ1) is 17.3. The normalized spacial score (nSPS) is 25.4. The number of carboxylic acid groups (broad SMARTS) is 2. The van der Waals surface area contributed by atoms with Gasteiger partial charge in [0, 0.05) is 11.9 Å². The minimum absolute atomic E-state index is 0. The van der Waals surface area contributed by atoms with Gasteiger partial charge in [0.2, 0.25) is 0 Å². The minimum atomic E-state index is -1.37. The third-order valence-corrected chi connectivity index (χ3v) is 2.02. The van der Waals surface area contributed by atoms with E-state index in [1.165, 1.54) is 0 Å². The Morgan fingerprint density at radius 1 is 1.14 bits per heavy atom. The molecule has 0 amide bonds. The Hall–Kier alpha value is 0.900. The number of hydrogen-bond donors (Lipinski definition) is 1. The molecule has 1 fully saturated rings. The number of carbonyl (C=O) groups excluding carboxylic acids is 2. The summed E-state index contributed by atoms with van der Waals surface area (Å²) in [6, 6.07) is -1.09. The molecule has 0 bridgehead atoms. The van der Waals surface area contributed by atoms with Crippen LogP contribution in [0, 0.1) is 5.92 Å². The second-order valence-corrected chi connectivity index (χ2v) is 2.82. The van der Waals surface area contributed by atoms with Gasteiger partial charge in [-0.25, -0.2) is 0 Å². The van der Waals surface area contributed by atoms with E-state index < -0.39 is 23.9 Å². The van der Waals surface area contributed by atoms with Gasteiger partial charge in [0.1, 0.15) is 0 Å². The second kappa shape index (κ2) is 8.10. The van der Waals surface area contributed by atoms with Crippen molar-refractivity contribution in [2.24, 2.45) is 5.92 Å². The van der Waals surface area contributed by atoms with Crippen LogP contribution in [0.5, 0.6) is 0 Å². The average Bonchev–Trinajstić information content (AvgIpc) is 2.04. The van der Waals surface area contributed by atoms with Gasteiger partial charge in [-0.15, -0.1) is 0 Å². The summed E-state index contributed by atoms with van der Waals surface area (Å²) in [6.07, 6.45) is 0.996. The van der Waals surface area contributed by atoms with Crippen LogP contribution in [0.2, 0.25) is 0 Å². The fourth-order valence-corrected chi connectivity index (χ4v) is 1.39. The molecule has 0 radical (unpaired) electrons. The average molecular weight is 217 g/mol. The van der Waals surface area contributed by atoms with Crippen LogP contribution in [0.3, 0.4) is 0 Å². The fraction of sp³-hybridized carbons (Fsp3) is 0.714. The van der Waals surface area contributed by atoms with Crippen molar-refractivity contribution in [2.45, 2.75) is 18.9 Å². The van der Waals surface area contributed by atoms with E-state index in [0.29, 0.717) is 19.4 Å². The summed E-state index contributed by atoms with van der Waals surface area (Å²) in [7, 11) is 0. The topological polar surface area (TPSA) is 92.3 Å². The first-order valence-electron chi connectivity index (χ1n) is 3.78. The van der Waals surface area contributed by atoms with Crippen molar-refractivity contribution in [2.75, 3.05) is 6.54 Å². The van der Waals surface area contributed by atoms with Gasteiger partial charge in [-0.3, -0.25) is 0 Å². The molecule has 1 N–H and O–H groups in total. The Morgan fingerprint density at radius 2 is 1.71 bits per heavy atom. The fourth-order valence-electron chi connectivity index (χ4n) is 1.39. The molecule has 0 aromatic rings. The van der Waals surface area contributed by atoms with Crippen LogP contribution < -0.4 is 74.6 Å². The maximum absolute atomic E-state index is 10.4. The van der Waals surface area contributed by atoms with Crippen LogP contribution in [0.1, 0.15) is 12.8 Å². The van der Waals surface area contributed by atoms with E-state index in [-0.39, 0.29) is 59.1 Å². The van der Waals surface area contributed by atoms with Crippen LogP contribution in [-0.4, -0.2) is 24.5 Å². The van der Waals surface area contributed by atoms with Gasteiger partial charge in [-0.2, -0.15) is 0 Å². The largest absolute Gasteiger partial charge is 1.00 e. The van der Waals surface area contributed by atoms with Gasteiger partial charge in [0.15, 0.2) is 0 Å². The number of carbonyl (C=O) groups is 2. The first-order chi connectivity index (χ1) is 5.63. The molecular formula is C7H9NNa2O4. The monoisotopic (exact) mass is 217 g/mol. The van der Waals surface area contributed by atoms with Crippen molar-refractivity contribution in [3.05, 3.63) is 0 Å². The van der Waals surface area contributed by atoms with E-state index in [2.05, 4.69) is 5.32 Å². The molecule has 0 saturated carbocycles. The summed E-state index contributed by atoms with van der Waals surface area (Å²) in [4.78, 5) is 20.8. The quantitative estimate of drug-likeness (QED) is 0.464. The zero-order valence-electron chi connectivity index (χ0n) is 8.41. The molecule has 68 valence electrons. The Morgan fingerprint density at radius 3 is 2.07 bits per heavy atom. The molecular weight excluding hydrogens is 208 g/mol. The molecule has 2 unspecified atom stereocenters. The van der Waals surface area contributed by atoms with Gasteiger partial charge >= 0.3 is 59.1 Å². The molecule has 0 aromatic carbocycles. The molecule has 1 saturated heterocycles. The summed E-state index contributed by atoms with van der Waals surface area (Å²) in [5, 5.41) is 23.4. The van der Waals surface area contributed by atoms with Crippen molar-refractivity contribution in [1.29, 1.82) is 0 Å². The molecule has 0 aromatic heterocycles. The predicted molar refractivity (Wildman–Crippen MR) is 34.5 cm³/mol. The predicted octanol–water partition coefficient (Wildman–Crippen LogP) is -9.14. The summed E-state index contributed by atoms with van der Waals surface area (Å²) >= 11 is 0. The number of hydrogen-bond acceptors (Lipinski definition) is 5. The van der Waals surface area contributed by atoms with E-state index in [1.807, 2.05) is 0 Å². The Kier molecular flexibility index (Phi) is 10.0. The summed E-state index contributed by atoms with van der Waals surface area (Å²) in [5.74, 6) is -3.65. The number of piperidine rings is 1. The number of nitrogens with one attached hydrogen (secondary N) is 1. The van der Waals surface area contributed by atoms with Crippen molar-refractivity contribution >= 4 is 11.9 Å². The van der Waals surface area contributed by atoms with Crippen LogP contribution in [-0.2, 0) is 9.59 Å². The van der Waals surface area contributed by atoms with Gasteiger partial charge in [0.05, 0.1) is 12.0 Å². The van der Waals surface area contributed by atoms with Crippen LogP contribution in [0.25, 0.3) is 0 Å². The van der Waals surface area contributed by atoms with E-state index in [4.69, 9.17) is 0 Å². The number of rotatable bonds is 2. The molecule has 14 heavy (non-hydrogen) atoms. The molecule has 1 rings (SSSR count). The third kappa shape index (κ3) is 4.61. The molecule has 1 aliphatic heterocycles. The SMILES string of the molecule is O=C([O-])C1CCCNC1C(=O)[O-].[Na+].[Na+]. The Balaban J connectivity index is 0. The van der Waals surface area contributed by atoms with E-state index in [9.17, 15) is 19.8 Å². The number of aliphatic carboxylic acids is 2. The first-order valence-corrected chi connectivity index (χ1v) is 3.78. The molecule has 7 heteroatoms. The van der Waals surface area contributed by atoms with Crippen LogP contribution in [0.15, 0.2) is 0 Å². The molecule has 1 aliphatic rings. The summed E-state index contributed by atoms with van der Waals surface area (Å²) < 4.78 is 0. The molecule has 2 atom stereocenters. The molecule has 5 nitrogen and oxygen atoms in total. The van der Waals surface area contributed by atoms with Gasteiger partial charge in [0.25, 0.3) is 0 Å². The Labute approximate surface area is 126 Å². The van der Waals surface area contributed by atoms with Gasteiger partial charge < -0.3 is 25.1 Å². The van der Waals surface area contributed by atoms with Crippen molar-refractivity contribution in [1.82, 2.24) is 5.32 Å². The van der Waals surface area contributed by atoms with E-state index in [0.717, 1.165) is 0 Å². The second-order valence-electron chi connectivity index (χ2n) is 2.82. The van der Waals surface area contributed by atoms with Gasteiger partial charge in [-0.1, -0.05) is 0 Å². The third-order valence-electron chi connectivity index (χ3n) is 2.02. The van der Waals surface area contributed by atoms with Crippen LogP contribution in [0.4, 0.5) is 0 Å².